The second kappa shape index (κ2) is 12.8. The molecule has 2 aromatic carbocycles. The van der Waals surface area contributed by atoms with E-state index in [9.17, 15) is 15.8 Å². The fourth-order valence-electron chi connectivity index (χ4n) is 5.55. The lowest BCUT2D eigenvalue weighted by Crippen LogP contribution is -2.24. The van der Waals surface area contributed by atoms with Gasteiger partial charge in [0.15, 0.2) is 16.9 Å². The topological polar surface area (TPSA) is 83.8 Å². The molecule has 0 fully saturated rings. The standard InChI is InChI=1S/C35H34N4OS2/c1-5-39(23-41)29-12-8-24(9-13-29)6-7-25-16-26(19-34(2,3)18-25)17-32-31(22-38)33(27(20-36)21-37)40-35(32,4)28-10-14-30(42)15-11-28/h6-17,41-42H,5,18-19,23H2,1-4H3. The van der Waals surface area contributed by atoms with Crippen molar-refractivity contribution in [3.05, 3.63) is 112 Å². The SMILES string of the molecule is CCN(CS)c1ccc(C=CC2=CC(=CC3=C(C#N)C(=C(C#N)C#N)OC3(C)c3ccc(S)cc3)CC(C)(C)C2)cc1. The minimum atomic E-state index is -1.07. The van der Waals surface area contributed by atoms with E-state index in [0.29, 0.717) is 11.4 Å². The third kappa shape index (κ3) is 6.52. The molecule has 42 heavy (non-hydrogen) atoms. The van der Waals surface area contributed by atoms with Crippen LogP contribution >= 0.6 is 25.3 Å². The highest BCUT2D eigenvalue weighted by atomic mass is 32.1. The van der Waals surface area contributed by atoms with Crippen LogP contribution in [0.4, 0.5) is 5.69 Å². The van der Waals surface area contributed by atoms with Crippen molar-refractivity contribution >= 4 is 37.0 Å². The highest BCUT2D eigenvalue weighted by Gasteiger charge is 2.44. The highest BCUT2D eigenvalue weighted by molar-refractivity contribution is 7.80. The molecule has 0 saturated heterocycles. The van der Waals surface area contributed by atoms with Crippen LogP contribution in [-0.4, -0.2) is 12.4 Å². The summed E-state index contributed by atoms with van der Waals surface area (Å²) in [6.45, 7) is 9.35. The Kier molecular flexibility index (Phi) is 9.43. The first-order valence-electron chi connectivity index (χ1n) is 13.8. The summed E-state index contributed by atoms with van der Waals surface area (Å²) in [5.74, 6) is 0.692. The molecule has 212 valence electrons. The highest BCUT2D eigenvalue weighted by Crippen LogP contribution is 2.49. The molecule has 0 aromatic heterocycles. The van der Waals surface area contributed by atoms with Gasteiger partial charge in [0.2, 0.25) is 0 Å². The van der Waals surface area contributed by atoms with Crippen LogP contribution in [0.25, 0.3) is 6.08 Å². The molecular weight excluding hydrogens is 557 g/mol. The van der Waals surface area contributed by atoms with Gasteiger partial charge in [0.05, 0.1) is 5.88 Å². The van der Waals surface area contributed by atoms with E-state index in [4.69, 9.17) is 4.74 Å². The van der Waals surface area contributed by atoms with E-state index < -0.39 is 5.60 Å². The molecule has 2 aromatic rings. The van der Waals surface area contributed by atoms with E-state index in [2.05, 4.69) is 99.5 Å². The molecule has 0 bridgehead atoms. The van der Waals surface area contributed by atoms with Gasteiger partial charge in [-0.15, -0.1) is 12.6 Å². The van der Waals surface area contributed by atoms with Crippen molar-refractivity contribution in [3.8, 4) is 18.2 Å². The van der Waals surface area contributed by atoms with Crippen molar-refractivity contribution in [2.75, 3.05) is 17.3 Å². The molecule has 1 aliphatic heterocycles. The lowest BCUT2D eigenvalue weighted by atomic mass is 9.74. The number of thiol groups is 2. The third-order valence-corrected chi connectivity index (χ3v) is 8.30. The van der Waals surface area contributed by atoms with Gasteiger partial charge in [-0.2, -0.15) is 28.4 Å². The van der Waals surface area contributed by atoms with Crippen LogP contribution in [0.3, 0.4) is 0 Å². The molecule has 0 spiro atoms. The zero-order chi connectivity index (χ0) is 30.5. The van der Waals surface area contributed by atoms with Crippen molar-refractivity contribution in [2.45, 2.75) is 51.0 Å². The van der Waals surface area contributed by atoms with Gasteiger partial charge in [0, 0.05) is 22.7 Å². The van der Waals surface area contributed by atoms with Gasteiger partial charge in [-0.25, -0.2) is 0 Å². The predicted molar refractivity (Wildman–Crippen MR) is 175 cm³/mol. The van der Waals surface area contributed by atoms with Crippen LogP contribution in [-0.2, 0) is 10.3 Å². The van der Waals surface area contributed by atoms with E-state index in [0.717, 1.165) is 46.7 Å². The Labute approximate surface area is 260 Å². The van der Waals surface area contributed by atoms with Gasteiger partial charge in [0.1, 0.15) is 23.8 Å². The minimum Gasteiger partial charge on any atom is -0.474 e. The van der Waals surface area contributed by atoms with Crippen molar-refractivity contribution < 1.29 is 4.74 Å². The van der Waals surface area contributed by atoms with Crippen molar-refractivity contribution in [3.63, 3.8) is 0 Å². The van der Waals surface area contributed by atoms with E-state index in [1.807, 2.05) is 49.4 Å². The maximum absolute atomic E-state index is 10.2. The molecule has 4 rings (SSSR count). The molecular formula is C35H34N4OS2. The molecule has 2 aliphatic rings. The number of hydrogen-bond donors (Lipinski definition) is 2. The smallest absolute Gasteiger partial charge is 0.172 e. The predicted octanol–water partition coefficient (Wildman–Crippen LogP) is 8.44. The number of nitriles is 3. The summed E-state index contributed by atoms with van der Waals surface area (Å²) in [5.41, 5.74) is 4.80. The van der Waals surface area contributed by atoms with Crippen LogP contribution in [0.2, 0.25) is 0 Å². The maximum atomic E-state index is 10.2. The van der Waals surface area contributed by atoms with Crippen LogP contribution in [0.1, 0.15) is 51.7 Å². The number of benzene rings is 2. The molecule has 0 N–H and O–H groups in total. The lowest BCUT2D eigenvalue weighted by Gasteiger charge is -2.32. The Morgan fingerprint density at radius 2 is 1.64 bits per heavy atom. The first-order valence-corrected chi connectivity index (χ1v) is 14.9. The number of anilines is 1. The molecule has 0 amide bonds. The quantitative estimate of drug-likeness (QED) is 0.192. The van der Waals surface area contributed by atoms with Crippen LogP contribution in [0.5, 0.6) is 0 Å². The van der Waals surface area contributed by atoms with Crippen LogP contribution < -0.4 is 4.90 Å². The number of ether oxygens (including phenoxy) is 1. The number of rotatable bonds is 7. The first-order chi connectivity index (χ1) is 20.1. The number of nitrogens with zero attached hydrogens (tertiary/aromatic N) is 4. The summed E-state index contributed by atoms with van der Waals surface area (Å²) in [6, 6.07) is 22.0. The van der Waals surface area contributed by atoms with Crippen LogP contribution in [0, 0.1) is 39.4 Å². The number of allylic oxidation sites excluding steroid dienone is 6. The molecule has 5 nitrogen and oxygen atoms in total. The summed E-state index contributed by atoms with van der Waals surface area (Å²) in [6.07, 6.45) is 10.2. The summed E-state index contributed by atoms with van der Waals surface area (Å²) < 4.78 is 6.33. The van der Waals surface area contributed by atoms with Gasteiger partial charge in [0.25, 0.3) is 0 Å². The van der Waals surface area contributed by atoms with E-state index in [-0.39, 0.29) is 22.3 Å². The zero-order valence-corrected chi connectivity index (χ0v) is 26.1. The second-order valence-electron chi connectivity index (χ2n) is 11.4. The fraction of sp³-hybridized carbons (Fsp3) is 0.286. The normalized spacial score (nSPS) is 20.5. The van der Waals surface area contributed by atoms with Crippen molar-refractivity contribution in [1.29, 1.82) is 15.8 Å². The van der Waals surface area contributed by atoms with E-state index in [1.165, 1.54) is 5.57 Å². The Bertz CT molecular complexity index is 1620. The average Bonchev–Trinajstić information content (AvgIpc) is 3.25. The average molecular weight is 591 g/mol. The molecule has 0 saturated carbocycles. The largest absolute Gasteiger partial charge is 0.474 e. The van der Waals surface area contributed by atoms with Crippen molar-refractivity contribution in [1.82, 2.24) is 0 Å². The second-order valence-corrected chi connectivity index (χ2v) is 12.2. The van der Waals surface area contributed by atoms with Crippen LogP contribution in [0.15, 0.2) is 105 Å². The molecule has 1 unspecified atom stereocenters. The number of hydrogen-bond acceptors (Lipinski definition) is 7. The maximum Gasteiger partial charge on any atom is 0.172 e. The van der Waals surface area contributed by atoms with Gasteiger partial charge in [-0.1, -0.05) is 56.3 Å². The molecule has 0 radical (unpaired) electrons. The van der Waals surface area contributed by atoms with Gasteiger partial charge < -0.3 is 9.64 Å². The third-order valence-electron chi connectivity index (χ3n) is 7.66. The summed E-state index contributed by atoms with van der Waals surface area (Å²) in [7, 11) is 0. The van der Waals surface area contributed by atoms with Gasteiger partial charge in [-0.05, 0) is 84.7 Å². The molecule has 1 aliphatic carbocycles. The molecule has 7 heteroatoms. The summed E-state index contributed by atoms with van der Waals surface area (Å²) in [5, 5.41) is 29.5. The Morgan fingerprint density at radius 3 is 2.21 bits per heavy atom. The lowest BCUT2D eigenvalue weighted by molar-refractivity contribution is 0.0753. The van der Waals surface area contributed by atoms with E-state index in [1.54, 1.807) is 0 Å². The minimum absolute atomic E-state index is 0.0155. The summed E-state index contributed by atoms with van der Waals surface area (Å²) >= 11 is 8.83. The molecule has 1 atom stereocenters. The molecule has 1 heterocycles. The first kappa shape index (κ1) is 30.9. The zero-order valence-electron chi connectivity index (χ0n) is 24.3. The van der Waals surface area contributed by atoms with Gasteiger partial charge >= 0.3 is 0 Å². The fourth-order valence-corrected chi connectivity index (χ4v) is 6.06. The monoisotopic (exact) mass is 590 g/mol. The Morgan fingerprint density at radius 1 is 0.976 bits per heavy atom. The van der Waals surface area contributed by atoms with Crippen molar-refractivity contribution in [2.24, 2.45) is 5.41 Å². The Hall–Kier alpha value is -4.09. The van der Waals surface area contributed by atoms with Gasteiger partial charge in [-0.3, -0.25) is 0 Å². The van der Waals surface area contributed by atoms with E-state index >= 15 is 0 Å². The Balaban J connectivity index is 1.79. The summed E-state index contributed by atoms with van der Waals surface area (Å²) in [4.78, 5) is 2.98.